The summed E-state index contributed by atoms with van der Waals surface area (Å²) in [5, 5.41) is 5.24. The van der Waals surface area contributed by atoms with Gasteiger partial charge in [0.25, 0.3) is 0 Å². The SMILES string of the molecule is O=C(NC1CCCC1)C1CCN(C(=O)C2Sc3ccccc3NC2=O)CC1. The van der Waals surface area contributed by atoms with E-state index in [4.69, 9.17) is 0 Å². The summed E-state index contributed by atoms with van der Waals surface area (Å²) >= 11 is 1.31. The normalized spacial score (nSPS) is 23.6. The minimum atomic E-state index is -0.747. The van der Waals surface area contributed by atoms with E-state index in [0.29, 0.717) is 32.0 Å². The largest absolute Gasteiger partial charge is 0.353 e. The highest BCUT2D eigenvalue weighted by atomic mass is 32.2. The molecular weight excluding hydrogens is 362 g/mol. The van der Waals surface area contributed by atoms with Crippen molar-refractivity contribution in [2.75, 3.05) is 18.4 Å². The lowest BCUT2D eigenvalue weighted by Gasteiger charge is -2.34. The molecule has 1 aromatic carbocycles. The van der Waals surface area contributed by atoms with E-state index in [9.17, 15) is 14.4 Å². The average Bonchev–Trinajstić information content (AvgIpc) is 3.20. The monoisotopic (exact) mass is 387 g/mol. The van der Waals surface area contributed by atoms with Crippen molar-refractivity contribution < 1.29 is 14.4 Å². The van der Waals surface area contributed by atoms with Crippen molar-refractivity contribution in [2.45, 2.75) is 54.7 Å². The number of thioether (sulfide) groups is 1. The molecule has 0 spiro atoms. The third kappa shape index (κ3) is 3.98. The van der Waals surface area contributed by atoms with Crippen molar-refractivity contribution in [3.8, 4) is 0 Å². The lowest BCUT2D eigenvalue weighted by Crippen LogP contribution is -2.49. The quantitative estimate of drug-likeness (QED) is 0.781. The Labute approximate surface area is 163 Å². The van der Waals surface area contributed by atoms with E-state index in [1.165, 1.54) is 24.6 Å². The fraction of sp³-hybridized carbons (Fsp3) is 0.550. The number of nitrogens with zero attached hydrogens (tertiary/aromatic N) is 1. The van der Waals surface area contributed by atoms with Gasteiger partial charge < -0.3 is 15.5 Å². The molecule has 1 saturated carbocycles. The maximum absolute atomic E-state index is 12.9. The van der Waals surface area contributed by atoms with E-state index in [1.54, 1.807) is 4.90 Å². The van der Waals surface area contributed by atoms with E-state index >= 15 is 0 Å². The summed E-state index contributed by atoms with van der Waals surface area (Å²) in [6.07, 6.45) is 5.89. The zero-order chi connectivity index (χ0) is 18.8. The molecule has 0 bridgehead atoms. The number of carbonyl (C=O) groups excluding carboxylic acids is 3. The number of piperidine rings is 1. The third-order valence-corrected chi connectivity index (χ3v) is 6.99. The molecule has 144 valence electrons. The molecule has 27 heavy (non-hydrogen) atoms. The zero-order valence-electron chi connectivity index (χ0n) is 15.3. The van der Waals surface area contributed by atoms with Gasteiger partial charge in [-0.05, 0) is 37.8 Å². The first-order valence-corrected chi connectivity index (χ1v) is 10.7. The lowest BCUT2D eigenvalue weighted by molar-refractivity contribution is -0.137. The Kier molecular flexibility index (Phi) is 5.38. The van der Waals surface area contributed by atoms with Gasteiger partial charge in [-0.2, -0.15) is 0 Å². The van der Waals surface area contributed by atoms with Crippen LogP contribution in [0.1, 0.15) is 38.5 Å². The van der Waals surface area contributed by atoms with Gasteiger partial charge in [0.15, 0.2) is 5.25 Å². The summed E-state index contributed by atoms with van der Waals surface area (Å²) in [4.78, 5) is 40.3. The van der Waals surface area contributed by atoms with E-state index in [1.807, 2.05) is 24.3 Å². The summed E-state index contributed by atoms with van der Waals surface area (Å²) in [5.74, 6) is -0.303. The number of para-hydroxylation sites is 1. The van der Waals surface area contributed by atoms with Crippen LogP contribution >= 0.6 is 11.8 Å². The van der Waals surface area contributed by atoms with Crippen LogP contribution in [0.15, 0.2) is 29.2 Å². The van der Waals surface area contributed by atoms with Crippen molar-refractivity contribution >= 4 is 35.2 Å². The fourth-order valence-corrected chi connectivity index (χ4v) is 5.20. The van der Waals surface area contributed by atoms with Gasteiger partial charge in [-0.25, -0.2) is 0 Å². The van der Waals surface area contributed by atoms with Crippen molar-refractivity contribution in [3.63, 3.8) is 0 Å². The first-order chi connectivity index (χ1) is 13.1. The number of anilines is 1. The average molecular weight is 388 g/mol. The molecule has 1 atom stereocenters. The Morgan fingerprint density at radius 2 is 1.78 bits per heavy atom. The van der Waals surface area contributed by atoms with Gasteiger partial charge in [0.05, 0.1) is 5.69 Å². The Bertz CT molecular complexity index is 740. The highest BCUT2D eigenvalue weighted by molar-refractivity contribution is 8.01. The molecule has 4 rings (SSSR count). The van der Waals surface area contributed by atoms with Crippen LogP contribution in [0.4, 0.5) is 5.69 Å². The summed E-state index contributed by atoms with van der Waals surface area (Å²) in [6.45, 7) is 1.07. The number of rotatable bonds is 3. The molecule has 2 heterocycles. The molecule has 6 nitrogen and oxygen atoms in total. The maximum atomic E-state index is 12.9. The molecule has 0 aromatic heterocycles. The number of likely N-dealkylation sites (tertiary alicyclic amines) is 1. The van der Waals surface area contributed by atoms with Crippen LogP contribution < -0.4 is 10.6 Å². The van der Waals surface area contributed by atoms with E-state index < -0.39 is 5.25 Å². The zero-order valence-corrected chi connectivity index (χ0v) is 16.1. The summed E-state index contributed by atoms with van der Waals surface area (Å²) in [7, 11) is 0. The number of nitrogens with one attached hydrogen (secondary N) is 2. The second kappa shape index (κ2) is 7.92. The molecule has 3 amide bonds. The minimum absolute atomic E-state index is 0.0248. The highest BCUT2D eigenvalue weighted by Gasteiger charge is 2.37. The van der Waals surface area contributed by atoms with Crippen molar-refractivity contribution in [1.82, 2.24) is 10.2 Å². The summed E-state index contributed by atoms with van der Waals surface area (Å²) in [5.41, 5.74) is 0.763. The van der Waals surface area contributed by atoms with Gasteiger partial charge in [0, 0.05) is 29.9 Å². The first kappa shape index (κ1) is 18.3. The van der Waals surface area contributed by atoms with Gasteiger partial charge >= 0.3 is 0 Å². The molecule has 7 heteroatoms. The number of amides is 3. The number of hydrogen-bond donors (Lipinski definition) is 2. The molecular formula is C20H25N3O3S. The van der Waals surface area contributed by atoms with Crippen molar-refractivity contribution in [1.29, 1.82) is 0 Å². The third-order valence-electron chi connectivity index (χ3n) is 5.73. The van der Waals surface area contributed by atoms with Crippen molar-refractivity contribution in [2.24, 2.45) is 5.92 Å². The molecule has 3 aliphatic rings. The van der Waals surface area contributed by atoms with Crippen LogP contribution in [0.25, 0.3) is 0 Å². The molecule has 1 aromatic rings. The van der Waals surface area contributed by atoms with Gasteiger partial charge in [0.1, 0.15) is 0 Å². The molecule has 2 aliphatic heterocycles. The van der Waals surface area contributed by atoms with Gasteiger partial charge in [-0.3, -0.25) is 14.4 Å². The molecule has 0 radical (unpaired) electrons. The smallest absolute Gasteiger partial charge is 0.247 e. The van der Waals surface area contributed by atoms with Crippen LogP contribution in [0.5, 0.6) is 0 Å². The predicted molar refractivity (Wildman–Crippen MR) is 104 cm³/mol. The Morgan fingerprint density at radius 3 is 2.52 bits per heavy atom. The standard InChI is InChI=1S/C20H25N3O3S/c24-18(21-14-5-1-2-6-14)13-9-11-23(12-10-13)20(26)17-19(25)22-15-7-3-4-8-16(15)27-17/h3-4,7-8,13-14,17H,1-2,5-6,9-12H2,(H,21,24)(H,22,25). The summed E-state index contributed by atoms with van der Waals surface area (Å²) in [6, 6.07) is 7.86. The Balaban J connectivity index is 1.32. The molecule has 1 unspecified atom stereocenters. The predicted octanol–water partition coefficient (Wildman–Crippen LogP) is 2.40. The Morgan fingerprint density at radius 1 is 1.07 bits per heavy atom. The molecule has 2 fully saturated rings. The number of hydrogen-bond acceptors (Lipinski definition) is 4. The second-order valence-electron chi connectivity index (χ2n) is 7.57. The first-order valence-electron chi connectivity index (χ1n) is 9.77. The van der Waals surface area contributed by atoms with E-state index in [2.05, 4.69) is 10.6 Å². The molecule has 2 N–H and O–H groups in total. The van der Waals surface area contributed by atoms with Crippen LogP contribution in [-0.4, -0.2) is 47.0 Å². The van der Waals surface area contributed by atoms with Crippen molar-refractivity contribution in [3.05, 3.63) is 24.3 Å². The minimum Gasteiger partial charge on any atom is -0.353 e. The van der Waals surface area contributed by atoms with E-state index in [0.717, 1.165) is 23.4 Å². The lowest BCUT2D eigenvalue weighted by atomic mass is 9.95. The molecule has 1 saturated heterocycles. The van der Waals surface area contributed by atoms with Crippen LogP contribution in [0, 0.1) is 5.92 Å². The van der Waals surface area contributed by atoms with Crippen LogP contribution in [0.3, 0.4) is 0 Å². The van der Waals surface area contributed by atoms with Gasteiger partial charge in [-0.1, -0.05) is 25.0 Å². The number of fused-ring (bicyclic) bond motifs is 1. The van der Waals surface area contributed by atoms with Crippen LogP contribution in [-0.2, 0) is 14.4 Å². The van der Waals surface area contributed by atoms with Gasteiger partial charge in [-0.15, -0.1) is 11.8 Å². The van der Waals surface area contributed by atoms with Gasteiger partial charge in [0.2, 0.25) is 17.7 Å². The fourth-order valence-electron chi connectivity index (χ4n) is 4.13. The van der Waals surface area contributed by atoms with E-state index in [-0.39, 0.29) is 23.6 Å². The topological polar surface area (TPSA) is 78.5 Å². The summed E-state index contributed by atoms with van der Waals surface area (Å²) < 4.78 is 0. The molecule has 1 aliphatic carbocycles. The Hall–Kier alpha value is -2.02. The number of carbonyl (C=O) groups is 3. The number of benzene rings is 1. The maximum Gasteiger partial charge on any atom is 0.247 e. The second-order valence-corrected chi connectivity index (χ2v) is 8.72. The van der Waals surface area contributed by atoms with Crippen LogP contribution in [0.2, 0.25) is 0 Å². The highest BCUT2D eigenvalue weighted by Crippen LogP contribution is 2.36.